The summed E-state index contributed by atoms with van der Waals surface area (Å²) < 4.78 is 99.7. The molecule has 8 rings (SSSR count). The third-order valence-electron chi connectivity index (χ3n) is 9.60. The molecule has 0 unspecified atom stereocenters. The number of nitrogens with zero attached hydrogens (tertiary/aromatic N) is 5. The first-order chi connectivity index (χ1) is 22.9. The lowest BCUT2D eigenvalue weighted by atomic mass is 9.95. The van der Waals surface area contributed by atoms with Gasteiger partial charge in [-0.3, -0.25) is 9.88 Å². The number of nitrogens with two attached hydrogens (primary N) is 1. The number of ether oxygens (including phenoxy) is 1. The topological polar surface area (TPSA) is 80.4 Å². The number of fused-ring (bicyclic) bond motifs is 4. The van der Waals surface area contributed by atoms with Gasteiger partial charge in [-0.25, -0.2) is 22.0 Å². The van der Waals surface area contributed by atoms with Crippen LogP contribution in [0.5, 0.6) is 6.01 Å². The highest BCUT2D eigenvalue weighted by Gasteiger charge is 2.54. The van der Waals surface area contributed by atoms with E-state index in [2.05, 4.69) is 20.9 Å². The summed E-state index contributed by atoms with van der Waals surface area (Å²) in [6, 6.07) is 2.48. The highest BCUT2D eigenvalue weighted by Crippen LogP contribution is 2.46. The highest BCUT2D eigenvalue weighted by molar-refractivity contribution is 6.04. The van der Waals surface area contributed by atoms with Gasteiger partial charge in [0.05, 0.1) is 25.3 Å². The van der Waals surface area contributed by atoms with Crippen LogP contribution in [0, 0.1) is 35.7 Å². The summed E-state index contributed by atoms with van der Waals surface area (Å²) in [7, 11) is 0. The Balaban J connectivity index is 1.33. The van der Waals surface area contributed by atoms with Gasteiger partial charge in [0.25, 0.3) is 0 Å². The summed E-state index contributed by atoms with van der Waals surface area (Å²) in [6.07, 6.45) is 9.50. The van der Waals surface area contributed by atoms with Crippen molar-refractivity contribution in [1.29, 1.82) is 0 Å². The zero-order valence-corrected chi connectivity index (χ0v) is 24.4. The molecule has 2 aromatic heterocycles. The molecule has 0 radical (unpaired) electrons. The Hall–Kier alpha value is -4.50. The number of pyridine rings is 1. The monoisotopic (exact) mass is 634 g/mol. The van der Waals surface area contributed by atoms with Crippen molar-refractivity contribution in [2.75, 3.05) is 36.8 Å². The molecular weight excluding hydrogens is 603 g/mol. The lowest BCUT2D eigenvalue weighted by molar-refractivity contribution is 0.107. The molecule has 236 valence electrons. The predicted molar refractivity (Wildman–Crippen MR) is 164 cm³/mol. The van der Waals surface area contributed by atoms with Crippen molar-refractivity contribution in [2.24, 2.45) is 5.92 Å². The zero-order chi connectivity index (χ0) is 33.7. The Morgan fingerprint density at radius 2 is 2.00 bits per heavy atom. The Bertz CT molecular complexity index is 2090. The molecule has 1 aliphatic carbocycles. The van der Waals surface area contributed by atoms with Gasteiger partial charge >= 0.3 is 6.01 Å². The number of rotatable bonds is 5. The Morgan fingerprint density at radius 3 is 2.83 bits per heavy atom. The third-order valence-corrected chi connectivity index (χ3v) is 9.60. The number of benzene rings is 2. The van der Waals surface area contributed by atoms with Crippen molar-refractivity contribution >= 4 is 33.2 Å². The first kappa shape index (κ1) is 26.7. The van der Waals surface area contributed by atoms with E-state index >= 15 is 4.39 Å². The maximum atomic E-state index is 16.9. The summed E-state index contributed by atoms with van der Waals surface area (Å²) in [5.74, 6) is -1.69. The Kier molecular flexibility index (Phi) is 6.10. The van der Waals surface area contributed by atoms with E-state index in [1.54, 1.807) is 15.9 Å². The lowest BCUT2D eigenvalue weighted by Gasteiger charge is -2.31. The van der Waals surface area contributed by atoms with Crippen molar-refractivity contribution in [3.05, 3.63) is 59.6 Å². The average molecular weight is 635 g/mol. The largest absolute Gasteiger partial charge is 0.461 e. The van der Waals surface area contributed by atoms with Crippen LogP contribution in [-0.4, -0.2) is 70.0 Å². The van der Waals surface area contributed by atoms with Crippen LogP contribution in [0.25, 0.3) is 32.9 Å². The van der Waals surface area contributed by atoms with Gasteiger partial charge in [0.1, 0.15) is 35.9 Å². The fraction of sp³-hybridized carbons (Fsp3) is 0.382. The van der Waals surface area contributed by atoms with Crippen molar-refractivity contribution in [1.82, 2.24) is 19.9 Å². The molecule has 5 atom stereocenters. The molecule has 2 aromatic carbocycles. The molecule has 2 saturated heterocycles. The van der Waals surface area contributed by atoms with Crippen LogP contribution >= 0.6 is 0 Å². The maximum Gasteiger partial charge on any atom is 0.319 e. The van der Waals surface area contributed by atoms with Gasteiger partial charge in [0.2, 0.25) is 0 Å². The van der Waals surface area contributed by atoms with Crippen molar-refractivity contribution < 1.29 is 29.4 Å². The second-order valence-electron chi connectivity index (χ2n) is 12.4. The number of alkyl halides is 2. The minimum atomic E-state index is -2.49. The summed E-state index contributed by atoms with van der Waals surface area (Å²) >= 11 is 0. The molecule has 4 aromatic rings. The smallest absolute Gasteiger partial charge is 0.319 e. The Morgan fingerprint density at radius 1 is 1.15 bits per heavy atom. The van der Waals surface area contributed by atoms with E-state index in [-0.39, 0.29) is 57.4 Å². The first-order valence-electron chi connectivity index (χ1n) is 16.1. The van der Waals surface area contributed by atoms with Gasteiger partial charge in [-0.2, -0.15) is 9.97 Å². The molecule has 3 aliphatic heterocycles. The van der Waals surface area contributed by atoms with Gasteiger partial charge in [-0.1, -0.05) is 18.1 Å². The van der Waals surface area contributed by atoms with E-state index in [0.29, 0.717) is 32.4 Å². The summed E-state index contributed by atoms with van der Waals surface area (Å²) in [6.45, 7) is -1.61. The van der Waals surface area contributed by atoms with Crippen LogP contribution in [0.2, 0.25) is 0 Å². The minimum Gasteiger partial charge on any atom is -0.461 e. The molecule has 4 aliphatic rings. The predicted octanol–water partition coefficient (Wildman–Crippen LogP) is 5.88. The number of hydrogen-bond acceptors (Lipinski definition) is 7. The second-order valence-corrected chi connectivity index (χ2v) is 12.4. The van der Waals surface area contributed by atoms with E-state index in [1.807, 2.05) is 6.08 Å². The number of nitrogen functional groups attached to an aromatic ring is 1. The molecule has 1 saturated carbocycles. The molecule has 0 spiro atoms. The van der Waals surface area contributed by atoms with E-state index in [4.69, 9.17) is 19.6 Å². The lowest BCUT2D eigenvalue weighted by Crippen LogP contribution is -2.43. The molecule has 5 heterocycles. The van der Waals surface area contributed by atoms with Crippen LogP contribution in [0.4, 0.5) is 33.5 Å². The van der Waals surface area contributed by atoms with Crippen LogP contribution in [0.1, 0.15) is 34.0 Å². The van der Waals surface area contributed by atoms with Crippen molar-refractivity contribution in [2.45, 2.75) is 49.6 Å². The van der Waals surface area contributed by atoms with Crippen molar-refractivity contribution in [3.63, 3.8) is 0 Å². The number of terminal acetylenes is 1. The van der Waals surface area contributed by atoms with E-state index in [9.17, 15) is 17.6 Å². The second kappa shape index (κ2) is 10.5. The molecule has 7 nitrogen and oxygen atoms in total. The molecular formula is C34H29F5N6O. The first-order valence-corrected chi connectivity index (χ1v) is 15.1. The number of anilines is 2. The van der Waals surface area contributed by atoms with Crippen LogP contribution in [0.3, 0.4) is 0 Å². The van der Waals surface area contributed by atoms with Crippen molar-refractivity contribution in [3.8, 4) is 29.6 Å². The van der Waals surface area contributed by atoms with Gasteiger partial charge in [0.15, 0.2) is 17.5 Å². The number of halogens is 5. The molecule has 0 bridgehead atoms. The third kappa shape index (κ3) is 4.39. The van der Waals surface area contributed by atoms with E-state index in [0.717, 1.165) is 6.07 Å². The zero-order valence-electron chi connectivity index (χ0n) is 26.4. The van der Waals surface area contributed by atoms with E-state index in [1.165, 1.54) is 18.3 Å². The van der Waals surface area contributed by atoms with Crippen LogP contribution in [0.15, 0.2) is 36.5 Å². The maximum absolute atomic E-state index is 16.9. The fourth-order valence-corrected chi connectivity index (χ4v) is 7.45. The van der Waals surface area contributed by atoms with Crippen LogP contribution < -0.4 is 15.4 Å². The average Bonchev–Trinajstić information content (AvgIpc) is 3.39. The SMILES string of the molecule is [2H]C([2H])(Oc1nc(N2CCC=C[C@@H]3[C@H](F)[C@@H]32)c2cnc(-c3cc(N)cc4cc(F)c(F)c(C#C)c34)c(F)c2n1)[C@@]12CCCN1C[C@H](F)C2. The van der Waals surface area contributed by atoms with Gasteiger partial charge < -0.3 is 15.4 Å². The van der Waals surface area contributed by atoms with Gasteiger partial charge in [-0.15, -0.1) is 6.42 Å². The van der Waals surface area contributed by atoms with Crippen LogP contribution in [-0.2, 0) is 0 Å². The molecule has 0 amide bonds. The van der Waals surface area contributed by atoms with Gasteiger partial charge in [0, 0.05) is 48.3 Å². The standard InChI is InChI=1S/C34H29F5N6O/c1-2-20-25-17(11-24(36)26(20)37)10-19(40)12-22(25)29-28(39)30-23(14-41-29)32(45-9-4-3-6-21-27(38)31(21)45)43-33(42-30)46-16-34-7-5-8-44(34)15-18(35)13-34/h1,3,6,10-12,14,18,21,27,31H,4-5,7-9,13,15-16,40H2/t18-,21-,27+,31-,34+/m1/s1/i16D2. The molecule has 3 fully saturated rings. The number of aromatic nitrogens is 3. The summed E-state index contributed by atoms with van der Waals surface area (Å²) in [5, 5.41) is 0.213. The quantitative estimate of drug-likeness (QED) is 0.127. The summed E-state index contributed by atoms with van der Waals surface area (Å²) in [4.78, 5) is 16.6. The summed E-state index contributed by atoms with van der Waals surface area (Å²) in [5.41, 5.74) is 3.75. The van der Waals surface area contributed by atoms with Gasteiger partial charge in [-0.05, 0) is 49.4 Å². The highest BCUT2D eigenvalue weighted by atomic mass is 19.2. The molecule has 12 heteroatoms. The van der Waals surface area contributed by atoms with E-state index < -0.39 is 65.4 Å². The minimum absolute atomic E-state index is 0.000516. The fourth-order valence-electron chi connectivity index (χ4n) is 7.45. The normalized spacial score (nSPS) is 28.0. The molecule has 2 N–H and O–H groups in total. The molecule has 46 heavy (non-hydrogen) atoms. The number of hydrogen-bond donors (Lipinski definition) is 1. The Labute approximate surface area is 264 Å².